The maximum atomic E-state index is 11.1. The normalized spacial score (nSPS) is 13.2. The number of hydrogen-bond donors (Lipinski definition) is 3. The zero-order valence-corrected chi connectivity index (χ0v) is 11.5. The summed E-state index contributed by atoms with van der Waals surface area (Å²) in [7, 11) is 0. The molecule has 2 atom stereocenters. The number of esters is 1. The topological polar surface area (TPSA) is 132 Å². The number of aliphatic hydroxyl groups is 2. The largest absolute Gasteiger partial charge is 0.499 e. The second kappa shape index (κ2) is 12.1. The summed E-state index contributed by atoms with van der Waals surface area (Å²) in [6.07, 6.45) is -3.04. The van der Waals surface area contributed by atoms with Gasteiger partial charge in [0.25, 0.3) is 0 Å². The summed E-state index contributed by atoms with van der Waals surface area (Å²) in [5.74, 6) is -2.94. The molecule has 0 spiro atoms. The second-order valence-electron chi connectivity index (χ2n) is 3.66. The van der Waals surface area contributed by atoms with E-state index in [0.717, 1.165) is 0 Å². The third-order valence-corrected chi connectivity index (χ3v) is 2.10. The monoisotopic (exact) mass is 308 g/mol. The van der Waals surface area contributed by atoms with Gasteiger partial charge in [-0.2, -0.15) is 0 Å². The number of carbonyl (C=O) groups is 2. The van der Waals surface area contributed by atoms with Gasteiger partial charge in [-0.3, -0.25) is 0 Å². The van der Waals surface area contributed by atoms with Gasteiger partial charge in [-0.1, -0.05) is 6.58 Å². The Morgan fingerprint density at radius 2 is 1.48 bits per heavy atom. The zero-order valence-electron chi connectivity index (χ0n) is 11.5. The van der Waals surface area contributed by atoms with E-state index in [1.807, 2.05) is 0 Å². The number of aliphatic hydroxyl groups excluding tert-OH is 2. The van der Waals surface area contributed by atoms with Crippen molar-refractivity contribution < 1.29 is 43.9 Å². The maximum absolute atomic E-state index is 11.1. The maximum Gasteiger partial charge on any atom is 0.338 e. The average molecular weight is 308 g/mol. The molecule has 0 rings (SSSR count). The minimum absolute atomic E-state index is 0.0497. The first-order valence-electron chi connectivity index (χ1n) is 6.14. The first-order valence-corrected chi connectivity index (χ1v) is 6.14. The number of aliphatic carboxylic acids is 1. The molecule has 0 aromatic heterocycles. The highest BCUT2D eigenvalue weighted by Gasteiger charge is 2.31. The van der Waals surface area contributed by atoms with E-state index < -0.39 is 24.1 Å². The molecule has 0 amide bonds. The summed E-state index contributed by atoms with van der Waals surface area (Å²) in [5, 5.41) is 26.4. The van der Waals surface area contributed by atoms with E-state index in [9.17, 15) is 9.59 Å². The molecule has 9 heteroatoms. The highest BCUT2D eigenvalue weighted by Crippen LogP contribution is 1.97. The van der Waals surface area contributed by atoms with Crippen molar-refractivity contribution in [1.82, 2.24) is 0 Å². The van der Waals surface area contributed by atoms with Gasteiger partial charge in [0.15, 0.2) is 12.2 Å². The molecule has 0 aliphatic heterocycles. The van der Waals surface area contributed by atoms with Crippen LogP contribution in [0.5, 0.6) is 0 Å². The van der Waals surface area contributed by atoms with Crippen molar-refractivity contribution in [2.45, 2.75) is 12.2 Å². The number of hydrogen-bond acceptors (Lipinski definition) is 8. The predicted octanol–water partition coefficient (Wildman–Crippen LogP) is -1.47. The fourth-order valence-corrected chi connectivity index (χ4v) is 1.06. The Labute approximate surface area is 121 Å². The number of rotatable bonds is 13. The summed E-state index contributed by atoms with van der Waals surface area (Å²) >= 11 is 0. The van der Waals surface area contributed by atoms with Crippen molar-refractivity contribution in [3.05, 3.63) is 12.8 Å². The van der Waals surface area contributed by atoms with Crippen molar-refractivity contribution in [2.75, 3.05) is 39.6 Å². The minimum Gasteiger partial charge on any atom is -0.499 e. The van der Waals surface area contributed by atoms with E-state index in [4.69, 9.17) is 29.5 Å². The number of carboxylic acids is 1. The average Bonchev–Trinajstić information content (AvgIpc) is 2.47. The molecule has 0 aromatic rings. The van der Waals surface area contributed by atoms with Crippen LogP contribution >= 0.6 is 0 Å². The molecule has 0 fully saturated rings. The van der Waals surface area contributed by atoms with Gasteiger partial charge >= 0.3 is 11.9 Å². The Hall–Kier alpha value is -1.68. The van der Waals surface area contributed by atoms with E-state index >= 15 is 0 Å². The van der Waals surface area contributed by atoms with Crippen LogP contribution in [-0.2, 0) is 28.5 Å². The summed E-state index contributed by atoms with van der Waals surface area (Å²) < 4.78 is 19.5. The van der Waals surface area contributed by atoms with Gasteiger partial charge in [-0.15, -0.1) is 0 Å². The van der Waals surface area contributed by atoms with Gasteiger partial charge < -0.3 is 34.3 Å². The summed E-state index contributed by atoms with van der Waals surface area (Å²) in [5.41, 5.74) is 0. The second-order valence-corrected chi connectivity index (χ2v) is 3.66. The molecule has 0 bridgehead atoms. The van der Waals surface area contributed by atoms with Crippen molar-refractivity contribution >= 4 is 11.9 Å². The number of carbonyl (C=O) groups excluding carboxylic acids is 1. The van der Waals surface area contributed by atoms with Gasteiger partial charge in [0, 0.05) is 0 Å². The van der Waals surface area contributed by atoms with E-state index in [-0.39, 0.29) is 19.8 Å². The molecule has 0 aromatic carbocycles. The minimum atomic E-state index is -2.22. The lowest BCUT2D eigenvalue weighted by Crippen LogP contribution is -2.40. The Morgan fingerprint density at radius 3 is 2.00 bits per heavy atom. The number of ether oxygens (including phenoxy) is 4. The van der Waals surface area contributed by atoms with Gasteiger partial charge in [-0.25, -0.2) is 9.59 Å². The Kier molecular flexibility index (Phi) is 11.1. The van der Waals surface area contributed by atoms with Gasteiger partial charge in [0.2, 0.25) is 0 Å². The van der Waals surface area contributed by atoms with E-state index in [1.165, 1.54) is 6.26 Å². The predicted molar refractivity (Wildman–Crippen MR) is 68.4 cm³/mol. The SMILES string of the molecule is C=COCCOCCOCCOC(=O)C(O)C(O)C(=O)O. The molecule has 3 N–H and O–H groups in total. The molecule has 122 valence electrons. The quantitative estimate of drug-likeness (QED) is 0.212. The Morgan fingerprint density at radius 1 is 0.952 bits per heavy atom. The molecule has 9 nitrogen and oxygen atoms in total. The van der Waals surface area contributed by atoms with Crippen LogP contribution in [-0.4, -0.2) is 79.1 Å². The first kappa shape index (κ1) is 19.3. The van der Waals surface area contributed by atoms with Crippen LogP contribution in [0.1, 0.15) is 0 Å². The third kappa shape index (κ3) is 9.79. The highest BCUT2D eigenvalue weighted by molar-refractivity contribution is 5.84. The Bertz CT molecular complexity index is 318. The lowest BCUT2D eigenvalue weighted by molar-refractivity contribution is -0.170. The van der Waals surface area contributed by atoms with E-state index in [1.54, 1.807) is 0 Å². The summed E-state index contributed by atoms with van der Waals surface area (Å²) in [4.78, 5) is 21.4. The van der Waals surface area contributed by atoms with Crippen LogP contribution in [0.4, 0.5) is 0 Å². The molecule has 0 saturated carbocycles. The van der Waals surface area contributed by atoms with E-state index in [2.05, 4.69) is 11.3 Å². The van der Waals surface area contributed by atoms with Crippen LogP contribution in [0, 0.1) is 0 Å². The van der Waals surface area contributed by atoms with E-state index in [0.29, 0.717) is 19.8 Å². The van der Waals surface area contributed by atoms with Crippen LogP contribution in [0.3, 0.4) is 0 Å². The fourth-order valence-electron chi connectivity index (χ4n) is 1.06. The van der Waals surface area contributed by atoms with Gasteiger partial charge in [0.05, 0.1) is 32.7 Å². The van der Waals surface area contributed by atoms with Gasteiger partial charge in [0.1, 0.15) is 13.2 Å². The molecule has 0 saturated heterocycles. The smallest absolute Gasteiger partial charge is 0.338 e. The van der Waals surface area contributed by atoms with Crippen LogP contribution in [0.15, 0.2) is 12.8 Å². The summed E-state index contributed by atoms with van der Waals surface area (Å²) in [6.45, 7) is 4.62. The molecular weight excluding hydrogens is 288 g/mol. The highest BCUT2D eigenvalue weighted by atomic mass is 16.6. The number of carboxylic acid groups (broad SMARTS) is 1. The van der Waals surface area contributed by atoms with Crippen LogP contribution in [0.2, 0.25) is 0 Å². The first-order chi connectivity index (χ1) is 10.0. The van der Waals surface area contributed by atoms with Crippen LogP contribution in [0.25, 0.3) is 0 Å². The molecule has 0 aliphatic carbocycles. The van der Waals surface area contributed by atoms with Crippen molar-refractivity contribution in [2.24, 2.45) is 0 Å². The molecule has 0 aliphatic rings. The van der Waals surface area contributed by atoms with Crippen molar-refractivity contribution in [3.8, 4) is 0 Å². The fraction of sp³-hybridized carbons (Fsp3) is 0.667. The summed E-state index contributed by atoms with van der Waals surface area (Å²) in [6, 6.07) is 0. The molecule has 21 heavy (non-hydrogen) atoms. The molecular formula is C12H20O9. The zero-order chi connectivity index (χ0) is 16.1. The lowest BCUT2D eigenvalue weighted by Gasteiger charge is -2.13. The van der Waals surface area contributed by atoms with Crippen molar-refractivity contribution in [1.29, 1.82) is 0 Å². The van der Waals surface area contributed by atoms with Crippen LogP contribution < -0.4 is 0 Å². The molecule has 0 heterocycles. The van der Waals surface area contributed by atoms with Gasteiger partial charge in [-0.05, 0) is 0 Å². The third-order valence-electron chi connectivity index (χ3n) is 2.10. The molecule has 2 unspecified atom stereocenters. The lowest BCUT2D eigenvalue weighted by atomic mass is 10.2. The standard InChI is InChI=1S/C12H20O9/c1-2-18-3-4-19-5-6-20-7-8-21-12(17)10(14)9(13)11(15)16/h2,9-10,13-14H,1,3-8H2,(H,15,16). The molecule has 0 radical (unpaired) electrons. The van der Waals surface area contributed by atoms with Crippen molar-refractivity contribution in [3.63, 3.8) is 0 Å². The Balaban J connectivity index is 3.48.